The summed E-state index contributed by atoms with van der Waals surface area (Å²) in [5.74, 6) is 3.13. The summed E-state index contributed by atoms with van der Waals surface area (Å²) >= 11 is 1.95. The normalized spacial score (nSPS) is 27.2. The number of carbonyl (C=O) groups is 1. The Labute approximate surface area is 132 Å². The van der Waals surface area contributed by atoms with Crippen molar-refractivity contribution in [3.05, 3.63) is 0 Å². The van der Waals surface area contributed by atoms with E-state index in [1.807, 2.05) is 11.8 Å². The zero-order valence-corrected chi connectivity index (χ0v) is 14.1. The van der Waals surface area contributed by atoms with E-state index in [-0.39, 0.29) is 18.4 Å². The van der Waals surface area contributed by atoms with Crippen LogP contribution in [-0.4, -0.2) is 60.7 Å². The Morgan fingerprint density at radius 3 is 2.95 bits per heavy atom. The van der Waals surface area contributed by atoms with Crippen LogP contribution >= 0.6 is 24.2 Å². The lowest BCUT2D eigenvalue weighted by molar-refractivity contribution is -0.140. The van der Waals surface area contributed by atoms with Crippen molar-refractivity contribution in [2.24, 2.45) is 5.92 Å². The van der Waals surface area contributed by atoms with Crippen molar-refractivity contribution in [1.29, 1.82) is 0 Å². The second-order valence-electron chi connectivity index (χ2n) is 5.88. The molecular formula is C14H27ClN2O2S. The molecule has 2 fully saturated rings. The number of ether oxygens (including phenoxy) is 1. The van der Waals surface area contributed by atoms with Gasteiger partial charge in [0, 0.05) is 37.1 Å². The SMILES string of the molecule is CC(C)CC1COCCN1C(=O)CC1CSCCN1.Cl. The number of amides is 1. The van der Waals surface area contributed by atoms with Crippen molar-refractivity contribution in [2.45, 2.75) is 38.8 Å². The zero-order valence-electron chi connectivity index (χ0n) is 12.5. The molecule has 0 bridgehead atoms. The molecule has 2 heterocycles. The van der Waals surface area contributed by atoms with Crippen LogP contribution in [-0.2, 0) is 9.53 Å². The molecule has 0 aromatic carbocycles. The maximum Gasteiger partial charge on any atom is 0.224 e. The molecule has 1 amide bonds. The molecule has 2 aliphatic rings. The second kappa shape index (κ2) is 9.13. The highest BCUT2D eigenvalue weighted by Gasteiger charge is 2.29. The molecule has 2 rings (SSSR count). The zero-order chi connectivity index (χ0) is 13.7. The van der Waals surface area contributed by atoms with Gasteiger partial charge in [-0.25, -0.2) is 0 Å². The van der Waals surface area contributed by atoms with E-state index < -0.39 is 0 Å². The fraction of sp³-hybridized carbons (Fsp3) is 0.929. The molecule has 2 atom stereocenters. The van der Waals surface area contributed by atoms with Gasteiger partial charge in [-0.2, -0.15) is 11.8 Å². The predicted molar refractivity (Wildman–Crippen MR) is 86.8 cm³/mol. The van der Waals surface area contributed by atoms with Crippen LogP contribution in [0.1, 0.15) is 26.7 Å². The summed E-state index contributed by atoms with van der Waals surface area (Å²) in [5, 5.41) is 3.45. The smallest absolute Gasteiger partial charge is 0.224 e. The van der Waals surface area contributed by atoms with E-state index >= 15 is 0 Å². The third-order valence-electron chi connectivity index (χ3n) is 3.71. The van der Waals surface area contributed by atoms with Gasteiger partial charge in [0.25, 0.3) is 0 Å². The van der Waals surface area contributed by atoms with Crippen LogP contribution in [0.15, 0.2) is 0 Å². The van der Waals surface area contributed by atoms with Gasteiger partial charge in [-0.3, -0.25) is 4.79 Å². The molecule has 0 spiro atoms. The van der Waals surface area contributed by atoms with Crippen LogP contribution < -0.4 is 5.32 Å². The third kappa shape index (κ3) is 5.43. The molecule has 2 aliphatic heterocycles. The topological polar surface area (TPSA) is 41.6 Å². The number of halogens is 1. The van der Waals surface area contributed by atoms with Gasteiger partial charge in [0.2, 0.25) is 5.91 Å². The number of carbonyl (C=O) groups excluding carboxylic acids is 1. The van der Waals surface area contributed by atoms with Gasteiger partial charge < -0.3 is 15.0 Å². The van der Waals surface area contributed by atoms with E-state index in [9.17, 15) is 4.79 Å². The first-order valence-electron chi connectivity index (χ1n) is 7.35. The van der Waals surface area contributed by atoms with Gasteiger partial charge in [0.1, 0.15) is 0 Å². The highest BCUT2D eigenvalue weighted by Crippen LogP contribution is 2.18. The van der Waals surface area contributed by atoms with Gasteiger partial charge in [-0.1, -0.05) is 13.8 Å². The molecule has 118 valence electrons. The van der Waals surface area contributed by atoms with E-state index in [2.05, 4.69) is 24.1 Å². The fourth-order valence-electron chi connectivity index (χ4n) is 2.80. The van der Waals surface area contributed by atoms with E-state index in [0.29, 0.717) is 37.5 Å². The van der Waals surface area contributed by atoms with Crippen LogP contribution in [0.25, 0.3) is 0 Å². The number of hydrogen-bond acceptors (Lipinski definition) is 4. The summed E-state index contributed by atoms with van der Waals surface area (Å²) in [6.45, 7) is 7.59. The van der Waals surface area contributed by atoms with Crippen molar-refractivity contribution >= 4 is 30.1 Å². The van der Waals surface area contributed by atoms with Crippen LogP contribution in [0.4, 0.5) is 0 Å². The largest absolute Gasteiger partial charge is 0.377 e. The predicted octanol–water partition coefficient (Wildman–Crippen LogP) is 1.78. The van der Waals surface area contributed by atoms with Crippen molar-refractivity contribution in [3.8, 4) is 0 Å². The van der Waals surface area contributed by atoms with E-state index in [4.69, 9.17) is 4.74 Å². The third-order valence-corrected chi connectivity index (χ3v) is 4.84. The van der Waals surface area contributed by atoms with E-state index in [1.165, 1.54) is 0 Å². The highest BCUT2D eigenvalue weighted by atomic mass is 35.5. The summed E-state index contributed by atoms with van der Waals surface area (Å²) in [6, 6.07) is 0.631. The van der Waals surface area contributed by atoms with Crippen LogP contribution in [0.5, 0.6) is 0 Å². The van der Waals surface area contributed by atoms with Gasteiger partial charge in [0.15, 0.2) is 0 Å². The molecule has 0 aromatic heterocycles. The lowest BCUT2D eigenvalue weighted by atomic mass is 10.0. The van der Waals surface area contributed by atoms with Crippen molar-refractivity contribution in [2.75, 3.05) is 37.8 Å². The van der Waals surface area contributed by atoms with Crippen LogP contribution in [0, 0.1) is 5.92 Å². The molecule has 0 aliphatic carbocycles. The molecule has 6 heteroatoms. The highest BCUT2D eigenvalue weighted by molar-refractivity contribution is 7.99. The number of nitrogens with one attached hydrogen (secondary N) is 1. The summed E-state index contributed by atoms with van der Waals surface area (Å²) in [5.41, 5.74) is 0. The Balaban J connectivity index is 0.00000200. The van der Waals surface area contributed by atoms with Gasteiger partial charge in [-0.05, 0) is 12.3 Å². The molecule has 0 radical (unpaired) electrons. The lowest BCUT2D eigenvalue weighted by Crippen LogP contribution is -2.51. The molecule has 2 unspecified atom stereocenters. The first-order chi connectivity index (χ1) is 9.16. The van der Waals surface area contributed by atoms with E-state index in [0.717, 1.165) is 31.0 Å². The number of morpholine rings is 1. The quantitative estimate of drug-likeness (QED) is 0.856. The Morgan fingerprint density at radius 2 is 2.30 bits per heavy atom. The summed E-state index contributed by atoms with van der Waals surface area (Å²) in [4.78, 5) is 14.5. The minimum Gasteiger partial charge on any atom is -0.377 e. The van der Waals surface area contributed by atoms with Crippen molar-refractivity contribution < 1.29 is 9.53 Å². The number of thioether (sulfide) groups is 1. The lowest BCUT2D eigenvalue weighted by Gasteiger charge is -2.37. The van der Waals surface area contributed by atoms with Crippen molar-refractivity contribution in [1.82, 2.24) is 10.2 Å². The Morgan fingerprint density at radius 1 is 1.50 bits per heavy atom. The fourth-order valence-corrected chi connectivity index (χ4v) is 3.75. The number of hydrogen-bond donors (Lipinski definition) is 1. The average molecular weight is 323 g/mol. The minimum absolute atomic E-state index is 0. The number of nitrogens with zero attached hydrogens (tertiary/aromatic N) is 1. The minimum atomic E-state index is 0. The molecule has 4 nitrogen and oxygen atoms in total. The monoisotopic (exact) mass is 322 g/mol. The van der Waals surface area contributed by atoms with E-state index in [1.54, 1.807) is 0 Å². The first kappa shape index (κ1) is 18.1. The van der Waals surface area contributed by atoms with Crippen LogP contribution in [0.2, 0.25) is 0 Å². The maximum atomic E-state index is 12.5. The summed E-state index contributed by atoms with van der Waals surface area (Å²) < 4.78 is 5.54. The summed E-state index contributed by atoms with van der Waals surface area (Å²) in [7, 11) is 0. The van der Waals surface area contributed by atoms with Gasteiger partial charge >= 0.3 is 0 Å². The molecule has 0 saturated carbocycles. The molecule has 1 N–H and O–H groups in total. The van der Waals surface area contributed by atoms with Crippen molar-refractivity contribution in [3.63, 3.8) is 0 Å². The molecule has 20 heavy (non-hydrogen) atoms. The standard InChI is InChI=1S/C14H26N2O2S.ClH/c1-11(2)7-13-9-18-5-4-16(13)14(17)8-12-10-19-6-3-15-12;/h11-13,15H,3-10H2,1-2H3;1H. The first-order valence-corrected chi connectivity index (χ1v) is 8.50. The van der Waals surface area contributed by atoms with Gasteiger partial charge in [-0.15, -0.1) is 12.4 Å². The average Bonchev–Trinajstić information content (AvgIpc) is 2.39. The Hall–Kier alpha value is 0.0300. The summed E-state index contributed by atoms with van der Waals surface area (Å²) in [6.07, 6.45) is 1.68. The van der Waals surface area contributed by atoms with Gasteiger partial charge in [0.05, 0.1) is 19.3 Å². The Bertz CT molecular complexity index is 299. The van der Waals surface area contributed by atoms with Crippen LogP contribution in [0.3, 0.4) is 0 Å². The second-order valence-corrected chi connectivity index (χ2v) is 7.03. The molecule has 2 saturated heterocycles. The molecule has 0 aromatic rings. The number of rotatable bonds is 4. The molecular weight excluding hydrogens is 296 g/mol. The maximum absolute atomic E-state index is 12.5. The Kier molecular flexibility index (Phi) is 8.25.